The van der Waals surface area contributed by atoms with E-state index in [1.807, 2.05) is 5.09 Å². The monoisotopic (exact) mass is 973 g/mol. The zero-order valence-electron chi connectivity index (χ0n) is 31.5. The Labute approximate surface area is 347 Å². The number of nitrogens with two attached hydrogens (primary N) is 2. The highest BCUT2D eigenvalue weighted by atomic mass is 31.3. The van der Waals surface area contributed by atoms with Crippen molar-refractivity contribution >= 4 is 70.6 Å². The van der Waals surface area contributed by atoms with Gasteiger partial charge >= 0.3 is 5.65 Å². The highest BCUT2D eigenvalue weighted by Crippen LogP contribution is 2.62. The van der Waals surface area contributed by atoms with Gasteiger partial charge in [0.15, 0.2) is 36.7 Å². The fraction of sp³-hybridized carbons (Fsp3) is 0.520. The first kappa shape index (κ1) is 46.7. The predicted octanol–water partition coefficient (Wildman–Crippen LogP) is -8.38. The molecule has 7 rings (SSSR count). The lowest BCUT2D eigenvalue weighted by Crippen LogP contribution is -2.46. The number of phosphoric ester groups is 1. The molecule has 0 amide bonds. The summed E-state index contributed by atoms with van der Waals surface area (Å²) in [6.45, 7) is -3.06. The van der Waals surface area contributed by atoms with Gasteiger partial charge in [0.05, 0.1) is 39.3 Å². The Morgan fingerprint density at radius 3 is 2.27 bits per heavy atom. The van der Waals surface area contributed by atoms with Gasteiger partial charge in [-0.25, -0.2) is 13.9 Å². The van der Waals surface area contributed by atoms with Crippen molar-refractivity contribution in [3.8, 4) is 0 Å². The molecule has 0 radical (unpaired) electrons. The van der Waals surface area contributed by atoms with Crippen LogP contribution in [0.2, 0.25) is 0 Å². The van der Waals surface area contributed by atoms with E-state index in [2.05, 4.69) is 48.4 Å². The van der Waals surface area contributed by atoms with Crippen molar-refractivity contribution < 1.29 is 90.0 Å². The summed E-state index contributed by atoms with van der Waals surface area (Å²) in [5, 5.41) is 50.8. The zero-order valence-corrected chi connectivity index (χ0v) is 35.0. The lowest BCUT2D eigenvalue weighted by atomic mass is 10.1. The Kier molecular flexibility index (Phi) is 12.8. The Morgan fingerprint density at radius 1 is 0.889 bits per heavy atom. The average molecular weight is 974 g/mol. The summed E-state index contributed by atoms with van der Waals surface area (Å²) in [6.07, 6.45) is -10.2. The van der Waals surface area contributed by atoms with Crippen LogP contribution in [-0.2, 0) is 59.0 Å². The number of H-pyrrole nitrogens is 2. The maximum atomic E-state index is 12.7. The molecule has 5 aromatic heterocycles. The summed E-state index contributed by atoms with van der Waals surface area (Å²) in [5.41, 5.74) is 8.23. The number of nitrogens with zero attached hydrogens (tertiary/aromatic N) is 9. The van der Waals surface area contributed by atoms with E-state index in [9.17, 15) is 67.8 Å². The van der Waals surface area contributed by atoms with E-state index < -0.39 is 123 Å². The van der Waals surface area contributed by atoms with Gasteiger partial charge in [0.25, 0.3) is 32.7 Å². The third-order valence-electron chi connectivity index (χ3n) is 9.13. The van der Waals surface area contributed by atoms with E-state index in [-0.39, 0.29) is 34.2 Å². The number of aromatic amines is 2. The van der Waals surface area contributed by atoms with Crippen LogP contribution in [0.25, 0.3) is 22.3 Å². The molecule has 7 heterocycles. The van der Waals surface area contributed by atoms with Crippen LogP contribution in [0.1, 0.15) is 12.5 Å². The Hall–Kier alpha value is -4.24. The summed E-state index contributed by atoms with van der Waals surface area (Å²) in [5.74, 6) is -0.590. The molecular weight excluding hydrogens is 940 g/mol. The standard InChI is InChI=1S/C25H36N14O20P4/c1-36-8-39(19-13(36)21(45)33-25(27)31-19)23-17(43)14(40)9(57-23)5-54-61(48,49)29-2-3-37-4-11(34-35-37)60(46,47)58-63(52,53)59-62(50,51)55-6-10-15(41)16(42)22(56-10)38-7-28-12-18(38)30-24(26)32-20(12)44/h4,7-10,14-17,22-23,40-43H,2-3,5-6H2,1H3,(H10-,26,27,29,30,31,32,33,44,45,46,47,48,49,50,51,52,53)/p-3/t9-,10-,14?,15?,16+,17+,22-,23-/m1/s1. The smallest absolute Gasteiger partial charge is 0.313 e. The summed E-state index contributed by atoms with van der Waals surface area (Å²) >= 11 is 0. The molecule has 346 valence electrons. The van der Waals surface area contributed by atoms with Crippen LogP contribution in [-0.4, -0.2) is 126 Å². The summed E-state index contributed by atoms with van der Waals surface area (Å²) in [6, 6.07) is 0. The van der Waals surface area contributed by atoms with Crippen LogP contribution in [0.4, 0.5) is 11.9 Å². The number of aliphatic hydroxyl groups excluding tert-OH is 4. The second-order valence-electron chi connectivity index (χ2n) is 13.5. The Morgan fingerprint density at radius 2 is 1.54 bits per heavy atom. The predicted molar refractivity (Wildman–Crippen MR) is 193 cm³/mol. The van der Waals surface area contributed by atoms with Crippen LogP contribution in [0.15, 0.2) is 28.4 Å². The van der Waals surface area contributed by atoms with Crippen LogP contribution >= 0.6 is 31.0 Å². The van der Waals surface area contributed by atoms with Crippen LogP contribution in [0.5, 0.6) is 0 Å². The van der Waals surface area contributed by atoms with Gasteiger partial charge < -0.3 is 74.6 Å². The van der Waals surface area contributed by atoms with Crippen LogP contribution in [0.3, 0.4) is 0 Å². The normalized spacial score (nSPS) is 28.0. The molecule has 0 aromatic carbocycles. The molecule has 0 aliphatic carbocycles. The minimum absolute atomic E-state index is 0.0165. The van der Waals surface area contributed by atoms with Crippen molar-refractivity contribution in [1.29, 1.82) is 0 Å². The van der Waals surface area contributed by atoms with Crippen molar-refractivity contribution in [3.63, 3.8) is 0 Å². The SMILES string of the molecule is Cn1c[n+]([C@@H]2O[C@H](COP(=O)([O-])NCCn3cc(P(=O)([O-])OP(=O)([O-])OP(=O)([O-])OC[C@H]4O[C@@H](n5cnc6c(=O)[nH]c(N)nc65)[C@@H](O)C4O)nn3)C(O)[C@@H]2O)c2nc(N)[nH]c(=O)c21. The maximum Gasteiger partial charge on any atom is 0.313 e. The van der Waals surface area contributed by atoms with Gasteiger partial charge in [-0.1, -0.05) is 10.2 Å². The molecule has 2 saturated heterocycles. The van der Waals surface area contributed by atoms with E-state index in [4.69, 9.17) is 25.5 Å². The fourth-order valence-electron chi connectivity index (χ4n) is 6.32. The van der Waals surface area contributed by atoms with Gasteiger partial charge in [-0.15, -0.1) is 5.10 Å². The van der Waals surface area contributed by atoms with E-state index in [0.29, 0.717) is 10.9 Å². The first-order chi connectivity index (χ1) is 29.3. The maximum absolute atomic E-state index is 12.7. The Bertz CT molecular complexity index is 2850. The summed E-state index contributed by atoms with van der Waals surface area (Å²) < 4.78 is 82.4. The van der Waals surface area contributed by atoms with Crippen molar-refractivity contribution in [2.75, 3.05) is 31.2 Å². The molecule has 0 spiro atoms. The number of nitrogens with one attached hydrogen (secondary N) is 3. The summed E-state index contributed by atoms with van der Waals surface area (Å²) in [4.78, 5) is 90.6. The molecular formula is C25H33N14O20P4-3. The van der Waals surface area contributed by atoms with Gasteiger partial charge in [-0.05, 0) is 0 Å². The molecule has 2 fully saturated rings. The van der Waals surface area contributed by atoms with Crippen LogP contribution < -0.4 is 57.2 Å². The number of hydrogen-bond acceptors (Lipinski definition) is 27. The number of phosphoric acid groups is 2. The van der Waals surface area contributed by atoms with E-state index in [1.54, 1.807) is 0 Å². The Balaban J connectivity index is 0.881. The molecule has 38 heteroatoms. The third-order valence-corrected chi connectivity index (χ3v) is 14.7. The van der Waals surface area contributed by atoms with Gasteiger partial charge in [0.2, 0.25) is 25.4 Å². The number of ether oxygens (including phenoxy) is 2. The highest BCUT2D eigenvalue weighted by molar-refractivity contribution is 7.70. The number of aryl methyl sites for hydroxylation is 1. The number of hydrogen-bond donors (Lipinski definition) is 9. The number of fused-ring (bicyclic) bond motifs is 2. The minimum Gasteiger partial charge on any atom is -0.774 e. The first-order valence-electron chi connectivity index (χ1n) is 17.5. The second-order valence-corrected chi connectivity index (χ2v) is 19.9. The zero-order chi connectivity index (χ0) is 46.0. The number of nitrogen functional groups attached to an aromatic ring is 2. The van der Waals surface area contributed by atoms with Crippen LogP contribution in [0, 0.1) is 0 Å². The highest BCUT2D eigenvalue weighted by Gasteiger charge is 2.48. The van der Waals surface area contributed by atoms with Crippen molar-refractivity contribution in [2.24, 2.45) is 7.05 Å². The molecule has 63 heavy (non-hydrogen) atoms. The molecule has 5 aromatic rings. The quantitative estimate of drug-likeness (QED) is 0.0309. The molecule has 0 bridgehead atoms. The first-order valence-corrected chi connectivity index (χ1v) is 23.5. The van der Waals surface area contributed by atoms with E-state index >= 15 is 0 Å². The fourth-order valence-corrected chi connectivity index (χ4v) is 10.8. The average Bonchev–Trinajstić information content (AvgIpc) is 3.99. The number of imidazole rings is 2. The lowest BCUT2D eigenvalue weighted by Gasteiger charge is -2.34. The van der Waals surface area contributed by atoms with Gasteiger partial charge in [0, 0.05) is 6.54 Å². The van der Waals surface area contributed by atoms with E-state index in [0.717, 1.165) is 10.9 Å². The molecule has 2 aliphatic heterocycles. The third kappa shape index (κ3) is 9.89. The van der Waals surface area contributed by atoms with Crippen molar-refractivity contribution in [3.05, 3.63) is 39.6 Å². The summed E-state index contributed by atoms with van der Waals surface area (Å²) in [7, 11) is -21.7. The largest absolute Gasteiger partial charge is 0.774 e. The molecule has 2 aliphatic rings. The molecule has 0 saturated carbocycles. The van der Waals surface area contributed by atoms with E-state index in [1.165, 1.54) is 22.5 Å². The lowest BCUT2D eigenvalue weighted by molar-refractivity contribution is -0.745. The second kappa shape index (κ2) is 17.3. The minimum atomic E-state index is -6.37. The molecule has 11 N–H and O–H groups in total. The van der Waals surface area contributed by atoms with Gasteiger partial charge in [0.1, 0.15) is 36.6 Å². The van der Waals surface area contributed by atoms with Crippen molar-refractivity contribution in [2.45, 2.75) is 55.6 Å². The number of rotatable bonds is 17. The van der Waals surface area contributed by atoms with Gasteiger partial charge in [-0.3, -0.25) is 56.5 Å². The molecule has 6 unspecified atom stereocenters. The molecule has 34 nitrogen and oxygen atoms in total. The molecule has 12 atom stereocenters. The number of aromatic nitrogens is 11. The topological polar surface area (TPSA) is 510 Å². The number of aliphatic hydroxyl groups is 4. The number of anilines is 2. The van der Waals surface area contributed by atoms with Gasteiger partial charge in [-0.2, -0.15) is 4.98 Å². The van der Waals surface area contributed by atoms with Crippen molar-refractivity contribution in [1.82, 2.24) is 54.1 Å².